The van der Waals surface area contributed by atoms with Crippen LogP contribution < -0.4 is 10.6 Å². The fourth-order valence-electron chi connectivity index (χ4n) is 4.30. The maximum Gasteiger partial charge on any atom is 0.215 e. The molecule has 154 valence electrons. The molecule has 0 aliphatic carbocycles. The van der Waals surface area contributed by atoms with Gasteiger partial charge in [-0.3, -0.25) is 9.69 Å². The summed E-state index contributed by atoms with van der Waals surface area (Å²) < 4.78 is 0. The highest BCUT2D eigenvalue weighted by Gasteiger charge is 2.27. The second-order valence-electron chi connectivity index (χ2n) is 8.21. The van der Waals surface area contributed by atoms with E-state index in [0.29, 0.717) is 17.3 Å². The van der Waals surface area contributed by atoms with Gasteiger partial charge in [-0.15, -0.1) is 0 Å². The Balaban J connectivity index is 1.43. The molecule has 7 heteroatoms. The van der Waals surface area contributed by atoms with E-state index in [-0.39, 0.29) is 11.6 Å². The quantitative estimate of drug-likeness (QED) is 0.793. The Labute approximate surface area is 172 Å². The zero-order valence-electron chi connectivity index (χ0n) is 17.3. The number of piperidine rings is 1. The van der Waals surface area contributed by atoms with E-state index in [1.807, 2.05) is 19.1 Å². The van der Waals surface area contributed by atoms with Crippen LogP contribution in [0.15, 0.2) is 30.5 Å². The number of aryl methyl sites for hydroxylation is 1. The predicted octanol–water partition coefficient (Wildman–Crippen LogP) is 1.81. The summed E-state index contributed by atoms with van der Waals surface area (Å²) in [7, 11) is 2.20. The number of anilines is 2. The van der Waals surface area contributed by atoms with Crippen molar-refractivity contribution in [3.63, 3.8) is 0 Å². The number of aromatic nitrogens is 2. The lowest BCUT2D eigenvalue weighted by atomic mass is 10.0. The van der Waals surface area contributed by atoms with Crippen LogP contribution >= 0.6 is 0 Å². The zero-order chi connectivity index (χ0) is 20.4. The number of hydrogen-bond acceptors (Lipinski definition) is 7. The Bertz CT molecular complexity index is 869. The average Bonchev–Trinajstić information content (AvgIpc) is 2.76. The standard InChI is InChI=1S/C22H30N6O/c1-16-14-18(22(23)24-15-16)21(29)19-4-3-5-20(25-19)28-12-10-27(11-13-28)17-6-8-26(2)9-7-17/h3-5,14-15,17H,6-13H2,1-2H3,(H2,23,24). The molecule has 2 aliphatic rings. The SMILES string of the molecule is Cc1cnc(N)c(C(=O)c2cccc(N3CCN(C4CCN(C)CC4)CC3)n2)c1. The molecule has 2 aromatic rings. The van der Waals surface area contributed by atoms with Gasteiger partial charge in [0, 0.05) is 38.4 Å². The van der Waals surface area contributed by atoms with Crippen molar-refractivity contribution in [2.24, 2.45) is 0 Å². The van der Waals surface area contributed by atoms with Crippen LogP contribution in [0.1, 0.15) is 34.5 Å². The van der Waals surface area contributed by atoms with Crippen molar-refractivity contribution in [1.29, 1.82) is 0 Å². The van der Waals surface area contributed by atoms with E-state index in [9.17, 15) is 4.79 Å². The highest BCUT2D eigenvalue weighted by atomic mass is 16.1. The summed E-state index contributed by atoms with van der Waals surface area (Å²) in [6, 6.07) is 8.12. The maximum absolute atomic E-state index is 12.9. The number of nitrogens with two attached hydrogens (primary N) is 1. The number of likely N-dealkylation sites (tertiary alicyclic amines) is 1. The van der Waals surface area contributed by atoms with Crippen LogP contribution in [0.3, 0.4) is 0 Å². The molecule has 2 fully saturated rings. The van der Waals surface area contributed by atoms with Crippen LogP contribution in [0.2, 0.25) is 0 Å². The molecule has 4 heterocycles. The molecule has 0 aromatic carbocycles. The second kappa shape index (κ2) is 8.47. The van der Waals surface area contributed by atoms with Gasteiger partial charge in [-0.05, 0) is 63.7 Å². The zero-order valence-corrected chi connectivity index (χ0v) is 17.3. The van der Waals surface area contributed by atoms with Crippen LogP contribution in [-0.2, 0) is 0 Å². The Morgan fingerprint density at radius 1 is 1.10 bits per heavy atom. The minimum atomic E-state index is -0.175. The predicted molar refractivity (Wildman–Crippen MR) is 115 cm³/mol. The summed E-state index contributed by atoms with van der Waals surface area (Å²) in [5.41, 5.74) is 7.67. The van der Waals surface area contributed by atoms with Crippen molar-refractivity contribution >= 4 is 17.4 Å². The fourth-order valence-corrected chi connectivity index (χ4v) is 4.30. The Morgan fingerprint density at radius 3 is 2.55 bits per heavy atom. The van der Waals surface area contributed by atoms with Gasteiger partial charge in [0.25, 0.3) is 0 Å². The van der Waals surface area contributed by atoms with Gasteiger partial charge in [0.15, 0.2) is 0 Å². The van der Waals surface area contributed by atoms with E-state index in [0.717, 1.165) is 37.6 Å². The highest BCUT2D eigenvalue weighted by Crippen LogP contribution is 2.21. The van der Waals surface area contributed by atoms with Crippen molar-refractivity contribution in [3.05, 3.63) is 47.3 Å². The number of hydrogen-bond donors (Lipinski definition) is 1. The number of nitrogen functional groups attached to an aromatic ring is 1. The Kier molecular flexibility index (Phi) is 5.78. The summed E-state index contributed by atoms with van der Waals surface area (Å²) in [5.74, 6) is 0.933. The molecule has 29 heavy (non-hydrogen) atoms. The third-order valence-corrected chi connectivity index (χ3v) is 6.11. The van der Waals surface area contributed by atoms with Gasteiger partial charge >= 0.3 is 0 Å². The fraction of sp³-hybridized carbons (Fsp3) is 0.500. The molecule has 0 amide bonds. The summed E-state index contributed by atoms with van der Waals surface area (Å²) in [6.07, 6.45) is 4.18. The van der Waals surface area contributed by atoms with Crippen molar-refractivity contribution in [2.45, 2.75) is 25.8 Å². The van der Waals surface area contributed by atoms with Gasteiger partial charge in [-0.2, -0.15) is 0 Å². The topological polar surface area (TPSA) is 78.6 Å². The van der Waals surface area contributed by atoms with E-state index >= 15 is 0 Å². The first-order valence-electron chi connectivity index (χ1n) is 10.4. The van der Waals surface area contributed by atoms with E-state index < -0.39 is 0 Å². The van der Waals surface area contributed by atoms with Gasteiger partial charge in [-0.25, -0.2) is 9.97 Å². The van der Waals surface area contributed by atoms with Crippen LogP contribution in [0.5, 0.6) is 0 Å². The Hall–Kier alpha value is -2.51. The van der Waals surface area contributed by atoms with E-state index in [1.54, 1.807) is 18.3 Å². The number of pyridine rings is 2. The molecule has 0 unspecified atom stereocenters. The van der Waals surface area contributed by atoms with Gasteiger partial charge in [-0.1, -0.05) is 6.07 Å². The summed E-state index contributed by atoms with van der Waals surface area (Å²) in [6.45, 7) is 8.24. The van der Waals surface area contributed by atoms with E-state index in [2.05, 4.69) is 31.7 Å². The molecule has 0 radical (unpaired) electrons. The van der Waals surface area contributed by atoms with Gasteiger partial charge in [0.05, 0.1) is 5.56 Å². The minimum Gasteiger partial charge on any atom is -0.383 e. The van der Waals surface area contributed by atoms with E-state index in [1.165, 1.54) is 25.9 Å². The molecule has 7 nitrogen and oxygen atoms in total. The molecule has 0 saturated carbocycles. The second-order valence-corrected chi connectivity index (χ2v) is 8.21. The summed E-state index contributed by atoms with van der Waals surface area (Å²) in [4.78, 5) is 29.0. The van der Waals surface area contributed by atoms with Crippen molar-refractivity contribution in [2.75, 3.05) is 56.9 Å². The molecule has 0 atom stereocenters. The first kappa shape index (κ1) is 19.8. The van der Waals surface area contributed by atoms with Gasteiger partial charge in [0.2, 0.25) is 5.78 Å². The number of carbonyl (C=O) groups excluding carboxylic acids is 1. The molecule has 2 N–H and O–H groups in total. The number of ketones is 1. The average molecular weight is 395 g/mol. The van der Waals surface area contributed by atoms with Crippen molar-refractivity contribution in [3.8, 4) is 0 Å². The molecule has 0 spiro atoms. The molecule has 2 aliphatic heterocycles. The lowest BCUT2D eigenvalue weighted by Crippen LogP contribution is -2.53. The third kappa shape index (κ3) is 4.41. The van der Waals surface area contributed by atoms with E-state index in [4.69, 9.17) is 5.73 Å². The first-order chi connectivity index (χ1) is 14.0. The Morgan fingerprint density at radius 2 is 1.83 bits per heavy atom. The molecule has 0 bridgehead atoms. The lowest BCUT2D eigenvalue weighted by Gasteiger charge is -2.42. The summed E-state index contributed by atoms with van der Waals surface area (Å²) >= 11 is 0. The first-order valence-corrected chi connectivity index (χ1v) is 10.4. The molecular formula is C22H30N6O. The van der Waals surface area contributed by atoms with Crippen LogP contribution in [-0.4, -0.2) is 77.9 Å². The lowest BCUT2D eigenvalue weighted by molar-refractivity contribution is 0.103. The van der Waals surface area contributed by atoms with Crippen LogP contribution in [0.4, 0.5) is 11.6 Å². The largest absolute Gasteiger partial charge is 0.383 e. The van der Waals surface area contributed by atoms with Crippen LogP contribution in [0, 0.1) is 6.92 Å². The van der Waals surface area contributed by atoms with Crippen molar-refractivity contribution in [1.82, 2.24) is 19.8 Å². The summed E-state index contributed by atoms with van der Waals surface area (Å²) in [5, 5.41) is 0. The highest BCUT2D eigenvalue weighted by molar-refractivity contribution is 6.10. The number of piperazine rings is 1. The number of nitrogens with zero attached hydrogens (tertiary/aromatic N) is 5. The molecule has 4 rings (SSSR count). The van der Waals surface area contributed by atoms with Gasteiger partial charge in [0.1, 0.15) is 17.3 Å². The number of carbonyl (C=O) groups is 1. The van der Waals surface area contributed by atoms with Crippen molar-refractivity contribution < 1.29 is 4.79 Å². The monoisotopic (exact) mass is 394 g/mol. The minimum absolute atomic E-state index is 0.175. The molecule has 2 saturated heterocycles. The third-order valence-electron chi connectivity index (χ3n) is 6.11. The number of rotatable bonds is 4. The van der Waals surface area contributed by atoms with Crippen LogP contribution in [0.25, 0.3) is 0 Å². The smallest absolute Gasteiger partial charge is 0.215 e. The molecule has 2 aromatic heterocycles. The van der Waals surface area contributed by atoms with Gasteiger partial charge < -0.3 is 15.5 Å². The normalized spacial score (nSPS) is 19.4. The maximum atomic E-state index is 12.9. The molecular weight excluding hydrogens is 364 g/mol.